The Morgan fingerprint density at radius 1 is 1.17 bits per heavy atom. The van der Waals surface area contributed by atoms with Crippen LogP contribution in [0, 0.1) is 5.92 Å². The smallest absolute Gasteiger partial charge is 0.329 e. The SMILES string of the molecule is Cn1c(NC(=O)C2CCN(c3ccc(-n4cncn4)nn3)CC2)cc(=O)[nH]c1=O. The van der Waals surface area contributed by atoms with E-state index in [1.165, 1.54) is 28.7 Å². The number of H-pyrrole nitrogens is 1. The van der Waals surface area contributed by atoms with Crippen LogP contribution in [0.3, 0.4) is 0 Å². The normalized spacial score (nSPS) is 14.7. The number of aromatic nitrogens is 7. The van der Waals surface area contributed by atoms with Gasteiger partial charge in [0.05, 0.1) is 0 Å². The van der Waals surface area contributed by atoms with Crippen molar-refractivity contribution in [1.82, 2.24) is 34.5 Å². The second kappa shape index (κ2) is 7.66. The van der Waals surface area contributed by atoms with E-state index in [1.807, 2.05) is 12.1 Å². The predicted molar refractivity (Wildman–Crippen MR) is 103 cm³/mol. The van der Waals surface area contributed by atoms with E-state index in [2.05, 4.69) is 35.5 Å². The molecule has 0 aromatic carbocycles. The van der Waals surface area contributed by atoms with Crippen LogP contribution in [-0.4, -0.2) is 53.5 Å². The highest BCUT2D eigenvalue weighted by Crippen LogP contribution is 2.22. The van der Waals surface area contributed by atoms with E-state index in [4.69, 9.17) is 0 Å². The van der Waals surface area contributed by atoms with Gasteiger partial charge >= 0.3 is 5.69 Å². The van der Waals surface area contributed by atoms with Crippen molar-refractivity contribution >= 4 is 17.5 Å². The average Bonchev–Trinajstić information content (AvgIpc) is 3.27. The summed E-state index contributed by atoms with van der Waals surface area (Å²) in [5.41, 5.74) is -1.12. The number of anilines is 2. The van der Waals surface area contributed by atoms with Gasteiger partial charge in [0, 0.05) is 32.1 Å². The minimum absolute atomic E-state index is 0.181. The van der Waals surface area contributed by atoms with Gasteiger partial charge in [-0.05, 0) is 25.0 Å². The Morgan fingerprint density at radius 3 is 2.55 bits per heavy atom. The second-order valence-electron chi connectivity index (χ2n) is 6.72. The van der Waals surface area contributed by atoms with E-state index in [1.54, 1.807) is 6.33 Å². The summed E-state index contributed by atoms with van der Waals surface area (Å²) in [5, 5.41) is 15.1. The molecule has 0 radical (unpaired) electrons. The summed E-state index contributed by atoms with van der Waals surface area (Å²) in [5.74, 6) is 1.05. The van der Waals surface area contributed by atoms with Crippen LogP contribution in [0.25, 0.3) is 5.82 Å². The van der Waals surface area contributed by atoms with Crippen LogP contribution in [0.5, 0.6) is 0 Å². The lowest BCUT2D eigenvalue weighted by Crippen LogP contribution is -2.39. The number of hydrogen-bond donors (Lipinski definition) is 2. The van der Waals surface area contributed by atoms with Crippen molar-refractivity contribution in [3.8, 4) is 5.82 Å². The largest absolute Gasteiger partial charge is 0.355 e. The molecule has 1 aliphatic heterocycles. The first-order valence-corrected chi connectivity index (χ1v) is 9.06. The Bertz CT molecular complexity index is 1110. The molecule has 29 heavy (non-hydrogen) atoms. The number of aromatic amines is 1. The van der Waals surface area contributed by atoms with Crippen LogP contribution >= 0.6 is 0 Å². The molecule has 12 nitrogen and oxygen atoms in total. The zero-order valence-electron chi connectivity index (χ0n) is 15.6. The fourth-order valence-corrected chi connectivity index (χ4v) is 3.21. The van der Waals surface area contributed by atoms with E-state index < -0.39 is 11.2 Å². The molecule has 3 aromatic rings. The van der Waals surface area contributed by atoms with Gasteiger partial charge in [0.25, 0.3) is 5.56 Å². The van der Waals surface area contributed by atoms with Gasteiger partial charge in [0.15, 0.2) is 11.6 Å². The lowest BCUT2D eigenvalue weighted by Gasteiger charge is -2.31. The molecule has 12 heteroatoms. The number of nitrogens with zero attached hydrogens (tertiary/aromatic N) is 7. The molecule has 0 unspecified atom stereocenters. The summed E-state index contributed by atoms with van der Waals surface area (Å²) < 4.78 is 2.72. The molecule has 1 saturated heterocycles. The third kappa shape index (κ3) is 3.90. The highest BCUT2D eigenvalue weighted by Gasteiger charge is 2.26. The van der Waals surface area contributed by atoms with Gasteiger partial charge in [-0.1, -0.05) is 0 Å². The maximum absolute atomic E-state index is 12.6. The van der Waals surface area contributed by atoms with Crippen LogP contribution < -0.4 is 21.5 Å². The minimum atomic E-state index is -0.574. The fourth-order valence-electron chi connectivity index (χ4n) is 3.21. The highest BCUT2D eigenvalue weighted by molar-refractivity contribution is 5.91. The zero-order valence-corrected chi connectivity index (χ0v) is 15.6. The maximum Gasteiger partial charge on any atom is 0.329 e. The minimum Gasteiger partial charge on any atom is -0.355 e. The number of rotatable bonds is 4. The predicted octanol–water partition coefficient (Wildman–Crippen LogP) is -0.701. The van der Waals surface area contributed by atoms with Crippen molar-refractivity contribution in [3.05, 3.63) is 51.7 Å². The first-order valence-electron chi connectivity index (χ1n) is 9.06. The van der Waals surface area contributed by atoms with Crippen molar-refractivity contribution in [1.29, 1.82) is 0 Å². The molecule has 0 atom stereocenters. The molecule has 0 aliphatic carbocycles. The standard InChI is InChI=1S/C17H19N9O3/c1-24-14(8-15(27)21-17(24)29)20-16(28)11-4-6-25(7-5-11)12-2-3-13(23-22-12)26-10-18-9-19-26/h2-3,8-11H,4-7H2,1H3,(H,20,28)(H,21,27,29). The fraction of sp³-hybridized carbons (Fsp3) is 0.353. The Balaban J connectivity index is 1.37. The van der Waals surface area contributed by atoms with E-state index in [9.17, 15) is 14.4 Å². The number of amides is 1. The third-order valence-corrected chi connectivity index (χ3v) is 4.89. The lowest BCUT2D eigenvalue weighted by atomic mass is 9.96. The Morgan fingerprint density at radius 2 is 1.90 bits per heavy atom. The van der Waals surface area contributed by atoms with Crippen LogP contribution in [0.4, 0.5) is 11.6 Å². The lowest BCUT2D eigenvalue weighted by molar-refractivity contribution is -0.120. The molecule has 0 spiro atoms. The van der Waals surface area contributed by atoms with E-state index in [-0.39, 0.29) is 17.6 Å². The summed E-state index contributed by atoms with van der Waals surface area (Å²) in [7, 11) is 1.48. The number of hydrogen-bond acceptors (Lipinski definition) is 8. The monoisotopic (exact) mass is 397 g/mol. The molecule has 4 heterocycles. The summed E-state index contributed by atoms with van der Waals surface area (Å²) in [6.45, 7) is 1.29. The van der Waals surface area contributed by atoms with Gasteiger partial charge < -0.3 is 10.2 Å². The average molecular weight is 397 g/mol. The van der Waals surface area contributed by atoms with Gasteiger partial charge in [-0.15, -0.1) is 10.2 Å². The van der Waals surface area contributed by atoms with Crippen molar-refractivity contribution in [2.75, 3.05) is 23.3 Å². The second-order valence-corrected chi connectivity index (χ2v) is 6.72. The zero-order chi connectivity index (χ0) is 20.4. The first kappa shape index (κ1) is 18.5. The molecule has 4 rings (SSSR count). The quantitative estimate of drug-likeness (QED) is 0.588. The number of carbonyl (C=O) groups excluding carboxylic acids is 1. The van der Waals surface area contributed by atoms with Crippen LogP contribution in [0.1, 0.15) is 12.8 Å². The third-order valence-electron chi connectivity index (χ3n) is 4.89. The Labute approximate surface area is 164 Å². The first-order chi connectivity index (χ1) is 14.0. The van der Waals surface area contributed by atoms with Crippen molar-refractivity contribution < 1.29 is 4.79 Å². The van der Waals surface area contributed by atoms with Gasteiger partial charge in [-0.3, -0.25) is 19.1 Å². The number of piperidine rings is 1. The Hall–Kier alpha value is -3.83. The summed E-state index contributed by atoms with van der Waals surface area (Å²) in [4.78, 5) is 43.8. The summed E-state index contributed by atoms with van der Waals surface area (Å²) >= 11 is 0. The topological polar surface area (TPSA) is 144 Å². The van der Waals surface area contributed by atoms with Crippen LogP contribution in [-0.2, 0) is 11.8 Å². The molecule has 2 N–H and O–H groups in total. The Kier molecular flexibility index (Phi) is 4.89. The molecule has 150 valence electrons. The number of carbonyl (C=O) groups is 1. The molecule has 1 aliphatic rings. The van der Waals surface area contributed by atoms with Crippen molar-refractivity contribution in [2.24, 2.45) is 13.0 Å². The number of nitrogens with one attached hydrogen (secondary N) is 2. The summed E-state index contributed by atoms with van der Waals surface area (Å²) in [6, 6.07) is 4.86. The summed E-state index contributed by atoms with van der Waals surface area (Å²) in [6.07, 6.45) is 4.21. The molecular weight excluding hydrogens is 378 g/mol. The highest BCUT2D eigenvalue weighted by atomic mass is 16.2. The van der Waals surface area contributed by atoms with E-state index >= 15 is 0 Å². The molecule has 0 saturated carbocycles. The van der Waals surface area contributed by atoms with Crippen LogP contribution in [0.15, 0.2) is 40.4 Å². The molecule has 1 amide bonds. The molecule has 3 aromatic heterocycles. The molecular formula is C17H19N9O3. The molecule has 1 fully saturated rings. The maximum atomic E-state index is 12.6. The van der Waals surface area contributed by atoms with Gasteiger partial charge in [0.1, 0.15) is 18.5 Å². The van der Waals surface area contributed by atoms with Gasteiger partial charge in [-0.25, -0.2) is 14.5 Å². The van der Waals surface area contributed by atoms with E-state index in [0.717, 1.165) is 5.82 Å². The van der Waals surface area contributed by atoms with Crippen molar-refractivity contribution in [3.63, 3.8) is 0 Å². The van der Waals surface area contributed by atoms with E-state index in [0.29, 0.717) is 31.7 Å². The molecule has 0 bridgehead atoms. The van der Waals surface area contributed by atoms with Gasteiger partial charge in [0.2, 0.25) is 5.91 Å². The van der Waals surface area contributed by atoms with Crippen molar-refractivity contribution in [2.45, 2.75) is 12.8 Å². The van der Waals surface area contributed by atoms with Crippen LogP contribution in [0.2, 0.25) is 0 Å². The van der Waals surface area contributed by atoms with Gasteiger partial charge in [-0.2, -0.15) is 5.10 Å².